The van der Waals surface area contributed by atoms with Crippen molar-refractivity contribution in [2.75, 3.05) is 6.54 Å². The van der Waals surface area contributed by atoms with Gasteiger partial charge in [-0.05, 0) is 54.4 Å². The fourth-order valence-electron chi connectivity index (χ4n) is 1.58. The number of carbonyl (C=O) groups is 1. The molecule has 5 nitrogen and oxygen atoms in total. The van der Waals surface area contributed by atoms with Crippen molar-refractivity contribution in [3.63, 3.8) is 0 Å². The zero-order chi connectivity index (χ0) is 16.4. The van der Waals surface area contributed by atoms with E-state index >= 15 is 0 Å². The summed E-state index contributed by atoms with van der Waals surface area (Å²) in [5.74, 6) is -0.508. The first-order chi connectivity index (χ1) is 10.5. The molecule has 2 aromatic rings. The van der Waals surface area contributed by atoms with Gasteiger partial charge in [0.25, 0.3) is 0 Å². The van der Waals surface area contributed by atoms with Crippen molar-refractivity contribution < 1.29 is 20.1 Å². The Bertz CT molecular complexity index is 604. The summed E-state index contributed by atoms with van der Waals surface area (Å²) < 4.78 is 0. The third kappa shape index (κ3) is 7.12. The first-order valence-corrected chi connectivity index (χ1v) is 6.69. The lowest BCUT2D eigenvalue weighted by molar-refractivity contribution is -0.131. The number of hydrogen-bond acceptors (Lipinski definition) is 4. The number of phenolic OH excluding ortho intramolecular Hbond substituents is 2. The van der Waals surface area contributed by atoms with Gasteiger partial charge in [0.1, 0.15) is 11.5 Å². The quantitative estimate of drug-likeness (QED) is 0.649. The summed E-state index contributed by atoms with van der Waals surface area (Å²) in [6.07, 6.45) is 3.38. The molecule has 5 heteroatoms. The van der Waals surface area contributed by atoms with E-state index in [1.165, 1.54) is 23.8 Å². The van der Waals surface area contributed by atoms with Gasteiger partial charge in [0.15, 0.2) is 0 Å². The summed E-state index contributed by atoms with van der Waals surface area (Å²) >= 11 is 0. The summed E-state index contributed by atoms with van der Waals surface area (Å²) in [6.45, 7) is 0.658. The van der Waals surface area contributed by atoms with Gasteiger partial charge in [-0.1, -0.05) is 24.3 Å². The van der Waals surface area contributed by atoms with Crippen LogP contribution in [0.3, 0.4) is 0 Å². The number of rotatable bonds is 4. The molecule has 116 valence electrons. The SMILES string of the molecule is NCCc1ccc(O)cc1.O=C(O)C=Cc1ccc(O)cc1. The van der Waals surface area contributed by atoms with E-state index in [9.17, 15) is 4.79 Å². The number of nitrogens with two attached hydrogens (primary N) is 1. The molecule has 0 radical (unpaired) electrons. The third-order valence-corrected chi connectivity index (χ3v) is 2.68. The number of benzene rings is 2. The van der Waals surface area contributed by atoms with Gasteiger partial charge in [-0.25, -0.2) is 4.79 Å². The van der Waals surface area contributed by atoms with Crippen molar-refractivity contribution in [3.05, 3.63) is 65.7 Å². The average molecular weight is 301 g/mol. The number of carboxylic acids is 1. The Morgan fingerprint density at radius 3 is 1.91 bits per heavy atom. The second-order valence-electron chi connectivity index (χ2n) is 4.47. The van der Waals surface area contributed by atoms with Crippen LogP contribution in [-0.4, -0.2) is 27.8 Å². The van der Waals surface area contributed by atoms with Crippen molar-refractivity contribution in [3.8, 4) is 11.5 Å². The van der Waals surface area contributed by atoms with E-state index in [0.29, 0.717) is 12.3 Å². The minimum absolute atomic E-state index is 0.169. The van der Waals surface area contributed by atoms with Crippen LogP contribution >= 0.6 is 0 Å². The second kappa shape index (κ2) is 9.20. The van der Waals surface area contributed by atoms with E-state index in [4.69, 9.17) is 21.1 Å². The Balaban J connectivity index is 0.000000224. The largest absolute Gasteiger partial charge is 0.508 e. The van der Waals surface area contributed by atoms with Gasteiger partial charge in [0.2, 0.25) is 0 Å². The van der Waals surface area contributed by atoms with Gasteiger partial charge < -0.3 is 21.1 Å². The van der Waals surface area contributed by atoms with Gasteiger partial charge in [-0.2, -0.15) is 0 Å². The Labute approximate surface area is 129 Å². The predicted molar refractivity (Wildman–Crippen MR) is 85.6 cm³/mol. The lowest BCUT2D eigenvalue weighted by Gasteiger charge is -1.96. The second-order valence-corrected chi connectivity index (χ2v) is 4.47. The lowest BCUT2D eigenvalue weighted by Crippen LogP contribution is -2.01. The molecular weight excluding hydrogens is 282 g/mol. The normalized spacial score (nSPS) is 10.0. The highest BCUT2D eigenvalue weighted by Gasteiger charge is 1.90. The molecular formula is C17H19NO4. The number of aromatic hydroxyl groups is 2. The Morgan fingerprint density at radius 2 is 1.45 bits per heavy atom. The molecule has 0 saturated heterocycles. The van der Waals surface area contributed by atoms with E-state index in [0.717, 1.165) is 18.1 Å². The lowest BCUT2D eigenvalue weighted by atomic mass is 10.1. The molecule has 0 aliphatic carbocycles. The molecule has 0 aliphatic heterocycles. The predicted octanol–water partition coefficient (Wildman–Crippen LogP) is 2.38. The van der Waals surface area contributed by atoms with Gasteiger partial charge in [-0.15, -0.1) is 0 Å². The summed E-state index contributed by atoms with van der Waals surface area (Å²) in [5.41, 5.74) is 7.25. The Morgan fingerprint density at radius 1 is 0.955 bits per heavy atom. The molecule has 0 atom stereocenters. The summed E-state index contributed by atoms with van der Waals surface area (Å²) in [5, 5.41) is 26.1. The van der Waals surface area contributed by atoms with Crippen LogP contribution in [-0.2, 0) is 11.2 Å². The molecule has 0 aromatic heterocycles. The topological polar surface area (TPSA) is 104 Å². The highest BCUT2D eigenvalue weighted by Crippen LogP contribution is 2.10. The van der Waals surface area contributed by atoms with Crippen LogP contribution in [0.25, 0.3) is 6.08 Å². The minimum atomic E-state index is -0.983. The van der Waals surface area contributed by atoms with E-state index in [1.54, 1.807) is 24.3 Å². The van der Waals surface area contributed by atoms with Gasteiger partial charge in [0.05, 0.1) is 0 Å². The third-order valence-electron chi connectivity index (χ3n) is 2.68. The van der Waals surface area contributed by atoms with E-state index in [2.05, 4.69) is 0 Å². The number of aliphatic carboxylic acids is 1. The number of phenols is 2. The van der Waals surface area contributed by atoms with Gasteiger partial charge >= 0.3 is 5.97 Å². The van der Waals surface area contributed by atoms with Crippen LogP contribution < -0.4 is 5.73 Å². The van der Waals surface area contributed by atoms with E-state index in [1.807, 2.05) is 12.1 Å². The highest BCUT2D eigenvalue weighted by molar-refractivity contribution is 5.85. The van der Waals surface area contributed by atoms with Crippen molar-refractivity contribution in [2.24, 2.45) is 5.73 Å². The van der Waals surface area contributed by atoms with E-state index in [-0.39, 0.29) is 5.75 Å². The highest BCUT2D eigenvalue weighted by atomic mass is 16.4. The molecule has 2 aromatic carbocycles. The summed E-state index contributed by atoms with van der Waals surface area (Å²) in [6, 6.07) is 13.4. The minimum Gasteiger partial charge on any atom is -0.508 e. The van der Waals surface area contributed by atoms with Crippen LogP contribution in [0, 0.1) is 0 Å². The van der Waals surface area contributed by atoms with E-state index < -0.39 is 5.97 Å². The van der Waals surface area contributed by atoms with Crippen LogP contribution in [0.2, 0.25) is 0 Å². The smallest absolute Gasteiger partial charge is 0.328 e. The molecule has 0 unspecified atom stereocenters. The Kier molecular flexibility index (Phi) is 7.22. The molecule has 0 spiro atoms. The molecule has 22 heavy (non-hydrogen) atoms. The fourth-order valence-corrected chi connectivity index (χ4v) is 1.58. The maximum atomic E-state index is 10.1. The van der Waals surface area contributed by atoms with Crippen LogP contribution in [0.1, 0.15) is 11.1 Å². The first-order valence-electron chi connectivity index (χ1n) is 6.69. The fraction of sp³-hybridized carbons (Fsp3) is 0.118. The molecule has 2 rings (SSSR count). The van der Waals surface area contributed by atoms with Crippen molar-refractivity contribution in [1.29, 1.82) is 0 Å². The summed E-state index contributed by atoms with van der Waals surface area (Å²) in [7, 11) is 0. The maximum absolute atomic E-state index is 10.1. The number of carboxylic acid groups (broad SMARTS) is 1. The molecule has 0 aliphatic rings. The van der Waals surface area contributed by atoms with Crippen LogP contribution in [0.15, 0.2) is 54.6 Å². The standard InChI is InChI=1S/C9H8O3.C8H11NO/c10-8-4-1-7(2-5-8)3-6-9(11)12;9-6-5-7-1-3-8(10)4-2-7/h1-6,10H,(H,11,12);1-4,10H,5-6,9H2. The first kappa shape index (κ1) is 17.3. The molecule has 0 saturated carbocycles. The monoisotopic (exact) mass is 301 g/mol. The molecule has 0 fully saturated rings. The summed E-state index contributed by atoms with van der Waals surface area (Å²) in [4.78, 5) is 10.1. The van der Waals surface area contributed by atoms with Gasteiger partial charge in [-0.3, -0.25) is 0 Å². The molecule has 0 amide bonds. The zero-order valence-electron chi connectivity index (χ0n) is 12.0. The molecule has 0 heterocycles. The zero-order valence-corrected chi connectivity index (χ0v) is 12.0. The number of hydrogen-bond donors (Lipinski definition) is 4. The van der Waals surface area contributed by atoms with Crippen molar-refractivity contribution in [2.45, 2.75) is 6.42 Å². The van der Waals surface area contributed by atoms with Crippen LogP contribution in [0.4, 0.5) is 0 Å². The molecule has 0 bridgehead atoms. The molecule has 5 N–H and O–H groups in total. The average Bonchev–Trinajstić information content (AvgIpc) is 2.50. The maximum Gasteiger partial charge on any atom is 0.328 e. The van der Waals surface area contributed by atoms with Crippen LogP contribution in [0.5, 0.6) is 11.5 Å². The van der Waals surface area contributed by atoms with Crippen molar-refractivity contribution >= 4 is 12.0 Å². The Hall–Kier alpha value is -2.79. The van der Waals surface area contributed by atoms with Crippen molar-refractivity contribution in [1.82, 2.24) is 0 Å². The van der Waals surface area contributed by atoms with Gasteiger partial charge in [0, 0.05) is 6.08 Å².